The zero-order valence-corrected chi connectivity index (χ0v) is 40.9. The number of para-hydroxylation sites is 1. The van der Waals surface area contributed by atoms with E-state index in [9.17, 15) is 5.11 Å². The van der Waals surface area contributed by atoms with E-state index in [0.717, 1.165) is 57.0 Å². The van der Waals surface area contributed by atoms with Crippen LogP contribution in [0, 0.1) is 0 Å². The molecule has 0 fully saturated rings. The van der Waals surface area contributed by atoms with Gasteiger partial charge >= 0.3 is 8.60 Å². The molecule has 0 atom stereocenters. The van der Waals surface area contributed by atoms with Crippen LogP contribution in [0.3, 0.4) is 0 Å². The van der Waals surface area contributed by atoms with E-state index in [1.807, 2.05) is 30.3 Å². The van der Waals surface area contributed by atoms with Gasteiger partial charge in [0.25, 0.3) is 0 Å². The van der Waals surface area contributed by atoms with E-state index in [0.29, 0.717) is 17.4 Å². The Bertz CT molecular complexity index is 1490. The number of rotatable bonds is 28. The summed E-state index contributed by atoms with van der Waals surface area (Å²) in [6.45, 7) is 19.6. The smallest absolute Gasteiger partial charge is 0.391 e. The third-order valence-corrected chi connectivity index (χ3v) is 12.5. The van der Waals surface area contributed by atoms with Gasteiger partial charge in [0.15, 0.2) is 10.3 Å². The summed E-state index contributed by atoms with van der Waals surface area (Å²) >= 11 is 3.48. The highest BCUT2D eigenvalue weighted by atomic mass is 32.2. The maximum absolute atomic E-state index is 11.1. The maximum atomic E-state index is 11.1. The highest BCUT2D eigenvalue weighted by molar-refractivity contribution is 7.99. The van der Waals surface area contributed by atoms with Gasteiger partial charge in [0.2, 0.25) is 5.95 Å². The molecule has 0 aliphatic heterocycles. The molecular weight excluding hydrogens is 792 g/mol. The van der Waals surface area contributed by atoms with E-state index >= 15 is 0 Å². The zero-order valence-electron chi connectivity index (χ0n) is 38.4. The van der Waals surface area contributed by atoms with Crippen LogP contribution in [0.1, 0.15) is 201 Å². The fourth-order valence-corrected chi connectivity index (χ4v) is 8.83. The van der Waals surface area contributed by atoms with E-state index in [4.69, 9.17) is 29.3 Å². The van der Waals surface area contributed by atoms with Gasteiger partial charge in [-0.15, -0.1) is 0 Å². The Morgan fingerprint density at radius 3 is 1.46 bits per heavy atom. The number of hydrogen-bond acceptors (Lipinski definition) is 10. The number of aromatic hydroxyl groups is 1. The Kier molecular flexibility index (Phi) is 27.0. The molecule has 0 aliphatic rings. The van der Waals surface area contributed by atoms with Gasteiger partial charge in [0.1, 0.15) is 11.5 Å². The minimum atomic E-state index is -2.32. The Labute approximate surface area is 369 Å². The van der Waals surface area contributed by atoms with Gasteiger partial charge < -0.3 is 24.7 Å². The predicted octanol–water partition coefficient (Wildman–Crippen LogP) is 15.4. The molecule has 0 aliphatic carbocycles. The number of nitrogens with one attached hydrogen (secondary N) is 1. The lowest BCUT2D eigenvalue weighted by Gasteiger charge is -2.28. The molecule has 2 aromatic carbocycles. The summed E-state index contributed by atoms with van der Waals surface area (Å²) in [5.41, 5.74) is 3.41. The number of anilines is 2. The number of hydrogen-bond donors (Lipinski definition) is 4. The van der Waals surface area contributed by atoms with Gasteiger partial charge in [-0.1, -0.05) is 207 Å². The molecule has 1 aromatic heterocycles. The lowest BCUT2D eigenvalue weighted by molar-refractivity contribution is 0.373. The second kappa shape index (κ2) is 30.0. The Hall–Kier alpha value is -2.10. The van der Waals surface area contributed by atoms with Crippen molar-refractivity contribution in [3.63, 3.8) is 0 Å². The fourth-order valence-electron chi connectivity index (χ4n) is 6.75. The highest BCUT2D eigenvalue weighted by Crippen LogP contribution is 2.41. The summed E-state index contributed by atoms with van der Waals surface area (Å²) in [5, 5.41) is 16.2. The average Bonchev–Trinajstić information content (AvgIpc) is 3.17. The molecule has 8 nitrogen and oxygen atoms in total. The van der Waals surface area contributed by atoms with Gasteiger partial charge in [-0.05, 0) is 60.3 Å². The predicted molar refractivity (Wildman–Crippen MR) is 257 cm³/mol. The lowest BCUT2D eigenvalue weighted by Crippen LogP contribution is -2.18. The molecule has 334 valence electrons. The summed E-state index contributed by atoms with van der Waals surface area (Å²) in [4.78, 5) is 32.3. The number of aryl methyl sites for hydroxylation is 1. The second-order valence-corrected chi connectivity index (χ2v) is 20.6. The van der Waals surface area contributed by atoms with Crippen LogP contribution in [0.5, 0.6) is 11.5 Å². The van der Waals surface area contributed by atoms with Crippen LogP contribution in [0.2, 0.25) is 0 Å². The summed E-state index contributed by atoms with van der Waals surface area (Å²) in [5.74, 6) is 3.62. The molecular formula is C48H81N4O4PS2. The number of thioether (sulfide) groups is 2. The number of unbranched alkanes of at least 4 members (excludes halogenated alkanes) is 16. The van der Waals surface area contributed by atoms with Gasteiger partial charge in [0.05, 0.1) is 0 Å². The number of benzene rings is 2. The first kappa shape index (κ1) is 53.0. The molecule has 3 rings (SSSR count). The van der Waals surface area contributed by atoms with Crippen molar-refractivity contribution in [3.05, 3.63) is 53.1 Å². The molecule has 0 spiro atoms. The molecule has 0 bridgehead atoms. The van der Waals surface area contributed by atoms with E-state index in [-0.39, 0.29) is 10.8 Å². The van der Waals surface area contributed by atoms with Crippen molar-refractivity contribution in [1.29, 1.82) is 0 Å². The van der Waals surface area contributed by atoms with E-state index in [1.165, 1.54) is 116 Å². The van der Waals surface area contributed by atoms with Crippen molar-refractivity contribution < 1.29 is 19.4 Å². The van der Waals surface area contributed by atoms with Crippen LogP contribution in [0.25, 0.3) is 0 Å². The van der Waals surface area contributed by atoms with Crippen LogP contribution < -0.4 is 9.84 Å². The number of aromatic nitrogens is 3. The normalized spacial score (nSPS) is 11.8. The number of phenolic OH excluding ortho intramolecular Hbond substituents is 1. The van der Waals surface area contributed by atoms with Crippen molar-refractivity contribution >= 4 is 43.8 Å². The maximum Gasteiger partial charge on any atom is 0.391 e. The van der Waals surface area contributed by atoms with Crippen LogP contribution in [0.4, 0.5) is 11.6 Å². The van der Waals surface area contributed by atoms with E-state index in [1.54, 1.807) is 29.6 Å². The van der Waals surface area contributed by atoms with Gasteiger partial charge in [-0.2, -0.15) is 15.0 Å². The molecule has 1 heterocycles. The zero-order chi connectivity index (χ0) is 43.5. The van der Waals surface area contributed by atoms with Crippen LogP contribution >= 0.6 is 32.1 Å². The first-order valence-corrected chi connectivity index (χ1v) is 25.9. The SMILES string of the molecule is CCCCCCCCCc1ccccc1OP(O)O.CCCCCCCCSc1nc(Nc2cc(C(C)(C)C)c(O)c(C(C)(C)C)c2)nc(SCCCCCCCC)n1. The van der Waals surface area contributed by atoms with E-state index < -0.39 is 8.60 Å². The molecule has 0 radical (unpaired) electrons. The minimum Gasteiger partial charge on any atom is -0.507 e. The molecule has 0 saturated carbocycles. The standard InChI is InChI=1S/C33H56N4OS2.C15H25O3P/c1-9-11-13-15-17-19-21-39-30-35-29(36-31(37-30)40-22-20-18-16-14-12-10-2)34-25-23-26(32(3,4)5)28(38)27(24-25)33(6,7)8;1-2-3-4-5-6-7-8-11-14-12-9-10-13-15(14)18-19(16)17/h23-24,38H,9-22H2,1-8H3,(H,34,35,36,37);9-10,12-13,16-17H,2-8,11H2,1H3. The monoisotopic (exact) mass is 873 g/mol. The largest absolute Gasteiger partial charge is 0.507 e. The van der Waals surface area contributed by atoms with Gasteiger partial charge in [-0.3, -0.25) is 0 Å². The van der Waals surface area contributed by atoms with Crippen molar-refractivity contribution in [2.45, 2.75) is 212 Å². The fraction of sp³-hybridized carbons (Fsp3) is 0.688. The summed E-state index contributed by atoms with van der Waals surface area (Å²) in [6, 6.07) is 11.7. The van der Waals surface area contributed by atoms with Crippen LogP contribution in [0.15, 0.2) is 46.7 Å². The molecule has 0 amide bonds. The number of phenols is 1. The quantitative estimate of drug-likeness (QED) is 0.0243. The molecule has 4 N–H and O–H groups in total. The summed E-state index contributed by atoms with van der Waals surface area (Å²) in [7, 11) is -2.32. The Morgan fingerprint density at radius 1 is 0.593 bits per heavy atom. The lowest BCUT2D eigenvalue weighted by atomic mass is 9.79. The highest BCUT2D eigenvalue weighted by Gasteiger charge is 2.27. The van der Waals surface area contributed by atoms with Gasteiger partial charge in [0, 0.05) is 28.3 Å². The Morgan fingerprint density at radius 2 is 1.02 bits per heavy atom. The molecule has 11 heteroatoms. The van der Waals surface area contributed by atoms with Crippen LogP contribution in [-0.4, -0.2) is 41.4 Å². The van der Waals surface area contributed by atoms with Crippen LogP contribution in [-0.2, 0) is 17.3 Å². The third-order valence-electron chi connectivity index (χ3n) is 10.2. The summed E-state index contributed by atoms with van der Waals surface area (Å²) in [6.07, 6.45) is 25.3. The first-order chi connectivity index (χ1) is 28.2. The molecule has 59 heavy (non-hydrogen) atoms. The molecule has 0 saturated heterocycles. The molecule has 0 unspecified atom stereocenters. The van der Waals surface area contributed by atoms with Crippen molar-refractivity contribution in [3.8, 4) is 11.5 Å². The minimum absolute atomic E-state index is 0.197. The molecule has 3 aromatic rings. The first-order valence-electron chi connectivity index (χ1n) is 22.8. The van der Waals surface area contributed by atoms with Crippen molar-refractivity contribution in [2.24, 2.45) is 0 Å². The summed E-state index contributed by atoms with van der Waals surface area (Å²) < 4.78 is 5.03. The average molecular weight is 873 g/mol. The van der Waals surface area contributed by atoms with E-state index in [2.05, 4.69) is 67.6 Å². The number of nitrogens with zero attached hydrogens (tertiary/aromatic N) is 3. The second-order valence-electron chi connectivity index (χ2n) is 17.8. The van der Waals surface area contributed by atoms with Crippen molar-refractivity contribution in [2.75, 3.05) is 16.8 Å². The van der Waals surface area contributed by atoms with Crippen molar-refractivity contribution in [1.82, 2.24) is 15.0 Å². The topological polar surface area (TPSA) is 121 Å². The van der Waals surface area contributed by atoms with Gasteiger partial charge in [-0.25, -0.2) is 0 Å². The third kappa shape index (κ3) is 23.1. The Balaban J connectivity index is 0.000000527.